The third-order valence-corrected chi connectivity index (χ3v) is 3.14. The lowest BCUT2D eigenvalue weighted by atomic mass is 9.95. The lowest BCUT2D eigenvalue weighted by Gasteiger charge is -2.24. The standard InChI is InChI=1S/C17H19NO/c1-17(2,13-15-9-5-3-6-10-15)18(19)14-16-11-7-4-8-12-16/h3-12,14H,13H2,1-2H3. The van der Waals surface area contributed by atoms with Crippen LogP contribution in [0.25, 0.3) is 0 Å². The molecule has 0 atom stereocenters. The van der Waals surface area contributed by atoms with Crippen LogP contribution < -0.4 is 0 Å². The van der Waals surface area contributed by atoms with Crippen molar-refractivity contribution in [2.24, 2.45) is 0 Å². The van der Waals surface area contributed by atoms with Crippen LogP contribution >= 0.6 is 0 Å². The monoisotopic (exact) mass is 253 g/mol. The van der Waals surface area contributed by atoms with Gasteiger partial charge in [0.15, 0.2) is 11.8 Å². The van der Waals surface area contributed by atoms with Crippen LogP contribution in [0.15, 0.2) is 60.7 Å². The Kier molecular flexibility index (Phi) is 4.00. The molecule has 0 aliphatic heterocycles. The van der Waals surface area contributed by atoms with E-state index >= 15 is 0 Å². The number of rotatable bonds is 4. The predicted octanol–water partition coefficient (Wildman–Crippen LogP) is 3.64. The topological polar surface area (TPSA) is 26.1 Å². The smallest absolute Gasteiger partial charge is 0.182 e. The molecule has 2 aromatic rings. The Morgan fingerprint density at radius 2 is 1.47 bits per heavy atom. The van der Waals surface area contributed by atoms with Gasteiger partial charge in [0.25, 0.3) is 0 Å². The zero-order valence-electron chi connectivity index (χ0n) is 11.4. The molecule has 98 valence electrons. The molecule has 2 heteroatoms. The molecule has 2 aromatic carbocycles. The molecule has 0 aromatic heterocycles. The van der Waals surface area contributed by atoms with Crippen molar-refractivity contribution in [2.45, 2.75) is 25.8 Å². The Balaban J connectivity index is 2.17. The van der Waals surface area contributed by atoms with Crippen molar-refractivity contribution >= 4 is 6.21 Å². The van der Waals surface area contributed by atoms with Crippen LogP contribution in [0.2, 0.25) is 0 Å². The van der Waals surface area contributed by atoms with Crippen molar-refractivity contribution in [3.8, 4) is 0 Å². The summed E-state index contributed by atoms with van der Waals surface area (Å²) in [5, 5.41) is 12.3. The van der Waals surface area contributed by atoms with Crippen LogP contribution in [-0.2, 0) is 6.42 Å². The Morgan fingerprint density at radius 3 is 2.05 bits per heavy atom. The average Bonchev–Trinajstić information content (AvgIpc) is 2.40. The number of nitrogens with zero attached hydrogens (tertiary/aromatic N) is 1. The van der Waals surface area contributed by atoms with Crippen LogP contribution in [0.3, 0.4) is 0 Å². The lowest BCUT2D eigenvalue weighted by molar-refractivity contribution is -0.535. The number of hydrogen-bond acceptors (Lipinski definition) is 1. The fraction of sp³-hybridized carbons (Fsp3) is 0.235. The van der Waals surface area contributed by atoms with E-state index in [1.807, 2.05) is 62.4 Å². The maximum absolute atomic E-state index is 12.3. The summed E-state index contributed by atoms with van der Waals surface area (Å²) in [7, 11) is 0. The molecule has 0 N–H and O–H groups in total. The average molecular weight is 253 g/mol. The van der Waals surface area contributed by atoms with Crippen molar-refractivity contribution in [3.05, 3.63) is 77.0 Å². The normalized spacial score (nSPS) is 12.4. The molecule has 2 rings (SSSR count). The van der Waals surface area contributed by atoms with E-state index in [1.54, 1.807) is 6.21 Å². The van der Waals surface area contributed by atoms with E-state index < -0.39 is 5.54 Å². The number of hydroxylamine groups is 1. The molecule has 0 spiro atoms. The zero-order valence-corrected chi connectivity index (χ0v) is 11.4. The Morgan fingerprint density at radius 1 is 0.947 bits per heavy atom. The second-order valence-corrected chi connectivity index (χ2v) is 5.34. The molecule has 2 nitrogen and oxygen atoms in total. The fourth-order valence-electron chi connectivity index (χ4n) is 2.02. The molecule has 0 aliphatic rings. The molecular weight excluding hydrogens is 234 g/mol. The summed E-state index contributed by atoms with van der Waals surface area (Å²) in [6.45, 7) is 3.93. The van der Waals surface area contributed by atoms with Gasteiger partial charge in [-0.3, -0.25) is 0 Å². The largest absolute Gasteiger partial charge is 0.623 e. The first-order chi connectivity index (χ1) is 9.08. The predicted molar refractivity (Wildman–Crippen MR) is 79.5 cm³/mol. The van der Waals surface area contributed by atoms with E-state index in [2.05, 4.69) is 12.1 Å². The van der Waals surface area contributed by atoms with Gasteiger partial charge >= 0.3 is 0 Å². The van der Waals surface area contributed by atoms with Crippen LogP contribution in [0, 0.1) is 5.21 Å². The molecule has 0 aliphatic carbocycles. The van der Waals surface area contributed by atoms with E-state index in [1.165, 1.54) is 5.56 Å². The van der Waals surface area contributed by atoms with Crippen molar-refractivity contribution in [1.82, 2.24) is 0 Å². The summed E-state index contributed by atoms with van der Waals surface area (Å²) in [4.78, 5) is 0. The van der Waals surface area contributed by atoms with E-state index in [-0.39, 0.29) is 0 Å². The summed E-state index contributed by atoms with van der Waals surface area (Å²) in [5.41, 5.74) is 1.64. The van der Waals surface area contributed by atoms with E-state index in [4.69, 9.17) is 0 Å². The molecule has 0 saturated carbocycles. The van der Waals surface area contributed by atoms with E-state index in [0.29, 0.717) is 0 Å². The van der Waals surface area contributed by atoms with Crippen molar-refractivity contribution < 1.29 is 4.74 Å². The molecule has 0 saturated heterocycles. The van der Waals surface area contributed by atoms with Gasteiger partial charge in [-0.25, -0.2) is 4.74 Å². The van der Waals surface area contributed by atoms with Crippen molar-refractivity contribution in [3.63, 3.8) is 0 Å². The van der Waals surface area contributed by atoms with E-state index in [0.717, 1.165) is 16.7 Å². The second-order valence-electron chi connectivity index (χ2n) is 5.34. The molecule has 0 heterocycles. The molecule has 0 fully saturated rings. The van der Waals surface area contributed by atoms with Crippen molar-refractivity contribution in [2.75, 3.05) is 0 Å². The third-order valence-electron chi connectivity index (χ3n) is 3.14. The highest BCUT2D eigenvalue weighted by Crippen LogP contribution is 2.16. The highest BCUT2D eigenvalue weighted by molar-refractivity contribution is 5.75. The Labute approximate surface area is 114 Å². The molecule has 19 heavy (non-hydrogen) atoms. The minimum absolute atomic E-state index is 0.461. The highest BCUT2D eigenvalue weighted by Gasteiger charge is 2.26. The maximum Gasteiger partial charge on any atom is 0.182 e. The summed E-state index contributed by atoms with van der Waals surface area (Å²) in [5.74, 6) is 0. The van der Waals surface area contributed by atoms with Gasteiger partial charge in [0.2, 0.25) is 0 Å². The van der Waals surface area contributed by atoms with Crippen LogP contribution in [0.4, 0.5) is 0 Å². The van der Waals surface area contributed by atoms with Crippen LogP contribution in [-0.4, -0.2) is 16.5 Å². The zero-order chi connectivity index (χ0) is 13.7. The second kappa shape index (κ2) is 5.70. The molecular formula is C17H19NO. The third kappa shape index (κ3) is 3.68. The van der Waals surface area contributed by atoms with Crippen LogP contribution in [0.1, 0.15) is 25.0 Å². The maximum atomic E-state index is 12.3. The molecule has 0 radical (unpaired) electrons. The summed E-state index contributed by atoms with van der Waals surface area (Å²) in [6.07, 6.45) is 2.38. The number of hydrogen-bond donors (Lipinski definition) is 0. The SMILES string of the molecule is CC(C)(Cc1ccccc1)[N+]([O-])=Cc1ccccc1. The minimum atomic E-state index is -0.461. The summed E-state index contributed by atoms with van der Waals surface area (Å²) < 4.78 is 1.05. The molecule has 0 unspecified atom stereocenters. The van der Waals surface area contributed by atoms with Gasteiger partial charge in [-0.05, 0) is 17.7 Å². The van der Waals surface area contributed by atoms with E-state index in [9.17, 15) is 5.21 Å². The Hall–Kier alpha value is -2.09. The van der Waals surface area contributed by atoms with Gasteiger partial charge < -0.3 is 5.21 Å². The highest BCUT2D eigenvalue weighted by atomic mass is 16.5. The van der Waals surface area contributed by atoms with Gasteiger partial charge in [0.1, 0.15) is 0 Å². The number of benzene rings is 2. The first-order valence-electron chi connectivity index (χ1n) is 6.48. The van der Waals surface area contributed by atoms with Crippen molar-refractivity contribution in [1.29, 1.82) is 0 Å². The summed E-state index contributed by atoms with van der Waals surface area (Å²) in [6, 6.07) is 19.8. The molecule has 0 bridgehead atoms. The first-order valence-corrected chi connectivity index (χ1v) is 6.48. The minimum Gasteiger partial charge on any atom is -0.623 e. The van der Waals surface area contributed by atoms with Gasteiger partial charge in [-0.15, -0.1) is 0 Å². The lowest BCUT2D eigenvalue weighted by Crippen LogP contribution is -2.35. The van der Waals surface area contributed by atoms with Crippen LogP contribution in [0.5, 0.6) is 0 Å². The fourth-order valence-corrected chi connectivity index (χ4v) is 2.02. The van der Waals surface area contributed by atoms with Gasteiger partial charge in [0.05, 0.1) is 0 Å². The van der Waals surface area contributed by atoms with Gasteiger partial charge in [-0.1, -0.05) is 48.5 Å². The van der Waals surface area contributed by atoms with Gasteiger partial charge in [-0.2, -0.15) is 0 Å². The summed E-state index contributed by atoms with van der Waals surface area (Å²) >= 11 is 0. The van der Waals surface area contributed by atoms with Gasteiger partial charge in [0, 0.05) is 25.8 Å². The quantitative estimate of drug-likeness (QED) is 0.353. The first kappa shape index (κ1) is 13.3. The Bertz CT molecular complexity index is 544. The molecule has 0 amide bonds.